The van der Waals surface area contributed by atoms with Crippen molar-refractivity contribution >= 4 is 28.4 Å². The van der Waals surface area contributed by atoms with Gasteiger partial charge in [0.05, 0.1) is 18.2 Å². The number of nitrogens with one attached hydrogen (secondary N) is 1. The summed E-state index contributed by atoms with van der Waals surface area (Å²) >= 11 is 0. The minimum atomic E-state index is -0.671. The molecule has 0 spiro atoms. The molecular formula is C29H34N2O4. The van der Waals surface area contributed by atoms with Crippen LogP contribution in [0.25, 0.3) is 16.7 Å². The number of fused-ring (bicyclic) bond motifs is 1. The number of aliphatic hydroxyl groups excluding tert-OH is 1. The third kappa shape index (κ3) is 4.22. The molecular weight excluding hydrogens is 440 g/mol. The Bertz CT molecular complexity index is 1330. The average molecular weight is 475 g/mol. The van der Waals surface area contributed by atoms with Crippen molar-refractivity contribution in [1.82, 2.24) is 9.88 Å². The average Bonchev–Trinajstić information content (AvgIpc) is 3.26. The van der Waals surface area contributed by atoms with Gasteiger partial charge in [0, 0.05) is 39.8 Å². The van der Waals surface area contributed by atoms with Gasteiger partial charge in [-0.15, -0.1) is 0 Å². The van der Waals surface area contributed by atoms with E-state index in [-0.39, 0.29) is 16.7 Å². The van der Waals surface area contributed by atoms with Gasteiger partial charge in [-0.2, -0.15) is 0 Å². The van der Waals surface area contributed by atoms with Gasteiger partial charge >= 0.3 is 0 Å². The first-order valence-corrected chi connectivity index (χ1v) is 12.2. The first-order valence-electron chi connectivity index (χ1n) is 12.2. The number of nitrogens with zero attached hydrogens (tertiary/aromatic N) is 1. The Labute approximate surface area is 206 Å². The molecule has 2 N–H and O–H groups in total. The van der Waals surface area contributed by atoms with Crippen LogP contribution in [0.2, 0.25) is 0 Å². The molecule has 1 unspecified atom stereocenters. The number of carbonyl (C=O) groups is 2. The molecule has 2 aromatic carbocycles. The zero-order chi connectivity index (χ0) is 25.5. The molecule has 4 rings (SSSR count). The number of ether oxygens (including phenoxy) is 1. The number of carbonyl (C=O) groups excluding carboxylic acids is 2. The van der Waals surface area contributed by atoms with E-state index >= 15 is 0 Å². The molecule has 1 atom stereocenters. The number of aryl methyl sites for hydroxylation is 1. The van der Waals surface area contributed by atoms with Gasteiger partial charge in [0.15, 0.2) is 0 Å². The standard InChI is InChI=1S/C29H34N2O4/c1-7-15-31-25(23-17(3)30-21-12-10-9-11-19(21)23)24(27(33)28(31)34)26(32)18-13-14-22(35-8-2)20(16-18)29(4,5)6/h9-14,16,25,30,32H,7-8,15H2,1-6H3/b26-24+. The predicted octanol–water partition coefficient (Wildman–Crippen LogP) is 6.00. The Kier molecular flexibility index (Phi) is 6.50. The highest BCUT2D eigenvalue weighted by Gasteiger charge is 2.47. The maximum atomic E-state index is 13.4. The van der Waals surface area contributed by atoms with E-state index in [4.69, 9.17) is 4.74 Å². The van der Waals surface area contributed by atoms with Crippen molar-refractivity contribution in [3.8, 4) is 5.75 Å². The van der Waals surface area contributed by atoms with Crippen LogP contribution in [0.15, 0.2) is 48.0 Å². The second-order valence-corrected chi connectivity index (χ2v) is 10.1. The quantitative estimate of drug-likeness (QED) is 0.261. The lowest BCUT2D eigenvalue weighted by Crippen LogP contribution is -2.30. The van der Waals surface area contributed by atoms with Crippen molar-refractivity contribution in [2.24, 2.45) is 0 Å². The molecule has 3 aromatic rings. The summed E-state index contributed by atoms with van der Waals surface area (Å²) < 4.78 is 5.82. The van der Waals surface area contributed by atoms with E-state index in [0.29, 0.717) is 25.1 Å². The highest BCUT2D eigenvalue weighted by atomic mass is 16.5. The van der Waals surface area contributed by atoms with Crippen molar-refractivity contribution in [1.29, 1.82) is 0 Å². The number of amides is 1. The van der Waals surface area contributed by atoms with Crippen molar-refractivity contribution in [2.45, 2.75) is 59.4 Å². The van der Waals surface area contributed by atoms with Gasteiger partial charge in [-0.05, 0) is 49.9 Å². The third-order valence-corrected chi connectivity index (χ3v) is 6.58. The van der Waals surface area contributed by atoms with Gasteiger partial charge < -0.3 is 19.7 Å². The van der Waals surface area contributed by atoms with Crippen molar-refractivity contribution in [3.63, 3.8) is 0 Å². The zero-order valence-corrected chi connectivity index (χ0v) is 21.4. The summed E-state index contributed by atoms with van der Waals surface area (Å²) in [6, 6.07) is 12.6. The maximum Gasteiger partial charge on any atom is 0.295 e. The molecule has 1 aromatic heterocycles. The number of rotatable bonds is 6. The number of likely N-dealkylation sites (tertiary alicyclic amines) is 1. The Morgan fingerprint density at radius 1 is 1.11 bits per heavy atom. The first kappa shape index (κ1) is 24.6. The summed E-state index contributed by atoms with van der Waals surface area (Å²) in [5, 5.41) is 12.5. The molecule has 6 nitrogen and oxygen atoms in total. The van der Waals surface area contributed by atoms with Gasteiger partial charge in [-0.25, -0.2) is 0 Å². The van der Waals surface area contributed by atoms with Crippen LogP contribution in [0.1, 0.15) is 69.5 Å². The highest BCUT2D eigenvalue weighted by molar-refractivity contribution is 6.46. The SMILES string of the molecule is CCCN1C(=O)C(=O)/C(=C(/O)c2ccc(OCC)c(C(C)(C)C)c2)C1c1c(C)[nH]c2ccccc12. The Balaban J connectivity index is 1.97. The first-order chi connectivity index (χ1) is 16.6. The summed E-state index contributed by atoms with van der Waals surface area (Å²) in [7, 11) is 0. The number of Topliss-reactive ketones (excluding diaryl/α,β-unsaturated/α-hetero) is 1. The number of H-pyrrole nitrogens is 1. The molecule has 1 saturated heterocycles. The van der Waals surface area contributed by atoms with Crippen LogP contribution in [-0.2, 0) is 15.0 Å². The van der Waals surface area contributed by atoms with Crippen LogP contribution in [0, 0.1) is 6.92 Å². The molecule has 1 aliphatic rings. The molecule has 1 fully saturated rings. The molecule has 35 heavy (non-hydrogen) atoms. The number of hydrogen-bond acceptors (Lipinski definition) is 4. The van der Waals surface area contributed by atoms with Gasteiger partial charge in [-0.3, -0.25) is 9.59 Å². The molecule has 1 amide bonds. The fourth-order valence-corrected chi connectivity index (χ4v) is 5.00. The van der Waals surface area contributed by atoms with E-state index in [9.17, 15) is 14.7 Å². The summed E-state index contributed by atoms with van der Waals surface area (Å²) in [5.74, 6) is -0.654. The predicted molar refractivity (Wildman–Crippen MR) is 139 cm³/mol. The molecule has 184 valence electrons. The Hall–Kier alpha value is -3.54. The molecule has 0 radical (unpaired) electrons. The minimum absolute atomic E-state index is 0.125. The van der Waals surface area contributed by atoms with E-state index in [0.717, 1.165) is 33.5 Å². The summed E-state index contributed by atoms with van der Waals surface area (Å²) in [5.41, 5.74) is 3.94. The Morgan fingerprint density at radius 3 is 2.49 bits per heavy atom. The molecule has 0 bridgehead atoms. The highest BCUT2D eigenvalue weighted by Crippen LogP contribution is 2.44. The van der Waals surface area contributed by atoms with Crippen molar-refractivity contribution < 1.29 is 19.4 Å². The van der Waals surface area contributed by atoms with Gasteiger partial charge in [0.1, 0.15) is 11.5 Å². The monoisotopic (exact) mass is 474 g/mol. The van der Waals surface area contributed by atoms with Crippen molar-refractivity contribution in [2.75, 3.05) is 13.2 Å². The Morgan fingerprint density at radius 2 is 1.83 bits per heavy atom. The third-order valence-electron chi connectivity index (χ3n) is 6.58. The van der Waals surface area contributed by atoms with Crippen LogP contribution in [0.3, 0.4) is 0 Å². The van der Waals surface area contributed by atoms with Gasteiger partial charge in [0.25, 0.3) is 11.7 Å². The summed E-state index contributed by atoms with van der Waals surface area (Å²) in [4.78, 5) is 31.5. The molecule has 0 saturated carbocycles. The van der Waals surface area contributed by atoms with Crippen LogP contribution in [0.5, 0.6) is 5.75 Å². The van der Waals surface area contributed by atoms with Gasteiger partial charge in [-0.1, -0.05) is 45.9 Å². The number of ketones is 1. The summed E-state index contributed by atoms with van der Waals surface area (Å²) in [6.45, 7) is 13.0. The normalized spacial score (nSPS) is 18.0. The van der Waals surface area contributed by atoms with Crippen LogP contribution >= 0.6 is 0 Å². The lowest BCUT2D eigenvalue weighted by atomic mass is 9.84. The number of aromatic nitrogens is 1. The second-order valence-electron chi connectivity index (χ2n) is 10.1. The number of aliphatic hydroxyl groups is 1. The molecule has 6 heteroatoms. The lowest BCUT2D eigenvalue weighted by Gasteiger charge is -2.26. The minimum Gasteiger partial charge on any atom is -0.507 e. The zero-order valence-electron chi connectivity index (χ0n) is 21.4. The lowest BCUT2D eigenvalue weighted by molar-refractivity contribution is -0.139. The fourth-order valence-electron chi connectivity index (χ4n) is 5.00. The van der Waals surface area contributed by atoms with Crippen LogP contribution in [0.4, 0.5) is 0 Å². The maximum absolute atomic E-state index is 13.4. The largest absolute Gasteiger partial charge is 0.507 e. The van der Waals surface area contributed by atoms with Crippen LogP contribution in [-0.4, -0.2) is 39.8 Å². The van der Waals surface area contributed by atoms with E-state index in [1.165, 1.54) is 0 Å². The van der Waals surface area contributed by atoms with E-state index in [1.54, 1.807) is 11.0 Å². The topological polar surface area (TPSA) is 82.6 Å². The molecule has 0 aliphatic carbocycles. The fraction of sp³-hybridized carbons (Fsp3) is 0.379. The molecule has 2 heterocycles. The number of benzene rings is 2. The second kappa shape index (κ2) is 9.25. The van der Waals surface area contributed by atoms with E-state index in [2.05, 4.69) is 25.8 Å². The van der Waals surface area contributed by atoms with Gasteiger partial charge in [0.2, 0.25) is 0 Å². The molecule has 1 aliphatic heterocycles. The number of hydrogen-bond donors (Lipinski definition) is 2. The summed E-state index contributed by atoms with van der Waals surface area (Å²) in [6.07, 6.45) is 0.697. The van der Waals surface area contributed by atoms with Crippen molar-refractivity contribution in [3.05, 3.63) is 70.4 Å². The van der Waals surface area contributed by atoms with E-state index in [1.807, 2.05) is 57.2 Å². The smallest absolute Gasteiger partial charge is 0.295 e. The van der Waals surface area contributed by atoms with Crippen LogP contribution < -0.4 is 4.74 Å². The van der Waals surface area contributed by atoms with E-state index < -0.39 is 17.7 Å². The number of para-hydroxylation sites is 1. The number of aromatic amines is 1.